The summed E-state index contributed by atoms with van der Waals surface area (Å²) in [5.74, 6) is 2.29. The molecule has 0 aliphatic carbocycles. The highest BCUT2D eigenvalue weighted by atomic mass is 32.2. The van der Waals surface area contributed by atoms with E-state index in [4.69, 9.17) is 0 Å². The van der Waals surface area contributed by atoms with Gasteiger partial charge in [0.25, 0.3) is 0 Å². The fraction of sp³-hybridized carbons (Fsp3) is 0.174. The highest BCUT2D eigenvalue weighted by Crippen LogP contribution is 2.29. The largest absolute Gasteiger partial charge is 0.508 e. The molecule has 2 aromatic heterocycles. The molecule has 0 aliphatic heterocycles. The molecule has 4 heteroatoms. The minimum atomic E-state index is 0.274. The van der Waals surface area contributed by atoms with Gasteiger partial charge in [-0.25, -0.2) is 4.98 Å². The van der Waals surface area contributed by atoms with Crippen molar-refractivity contribution < 1.29 is 5.11 Å². The predicted octanol–water partition coefficient (Wildman–Crippen LogP) is 5.49. The number of aromatic nitrogens is 2. The fourth-order valence-electron chi connectivity index (χ4n) is 3.28. The second-order valence-electron chi connectivity index (χ2n) is 6.71. The highest BCUT2D eigenvalue weighted by molar-refractivity contribution is 7.98. The van der Waals surface area contributed by atoms with E-state index >= 15 is 0 Å². The standard InChI is InChI=1S/C23H22N2OS/c1-17-12-22(19-8-5-9-21(26)13-19)23-24-14-20(25(23)15-17)16-27-11-10-18-6-3-2-4-7-18/h2-9,12-15,26H,10-11,16H2,1H3. The van der Waals surface area contributed by atoms with Crippen LogP contribution in [0, 0.1) is 6.92 Å². The van der Waals surface area contributed by atoms with Gasteiger partial charge in [0.05, 0.1) is 11.9 Å². The Morgan fingerprint density at radius 2 is 1.89 bits per heavy atom. The highest BCUT2D eigenvalue weighted by Gasteiger charge is 2.11. The third kappa shape index (κ3) is 4.01. The first kappa shape index (κ1) is 17.7. The van der Waals surface area contributed by atoms with Crippen molar-refractivity contribution in [1.29, 1.82) is 0 Å². The van der Waals surface area contributed by atoms with Crippen molar-refractivity contribution in [3.05, 3.63) is 89.9 Å². The van der Waals surface area contributed by atoms with Gasteiger partial charge in [0, 0.05) is 17.5 Å². The topological polar surface area (TPSA) is 37.5 Å². The van der Waals surface area contributed by atoms with Crippen LogP contribution in [0.1, 0.15) is 16.8 Å². The summed E-state index contributed by atoms with van der Waals surface area (Å²) < 4.78 is 2.18. The van der Waals surface area contributed by atoms with Crippen LogP contribution in [-0.2, 0) is 12.2 Å². The third-order valence-corrected chi connectivity index (χ3v) is 5.60. The molecule has 27 heavy (non-hydrogen) atoms. The smallest absolute Gasteiger partial charge is 0.144 e. The molecule has 3 nitrogen and oxygen atoms in total. The zero-order valence-electron chi connectivity index (χ0n) is 15.3. The summed E-state index contributed by atoms with van der Waals surface area (Å²) in [6.07, 6.45) is 5.19. The Kier molecular flexibility index (Phi) is 5.16. The Labute approximate surface area is 163 Å². The quantitative estimate of drug-likeness (QED) is 0.453. The maximum atomic E-state index is 9.83. The molecule has 0 spiro atoms. The Morgan fingerprint density at radius 3 is 2.70 bits per heavy atom. The molecule has 0 radical (unpaired) electrons. The van der Waals surface area contributed by atoms with Gasteiger partial charge in [-0.05, 0) is 54.0 Å². The molecule has 2 heterocycles. The maximum Gasteiger partial charge on any atom is 0.144 e. The van der Waals surface area contributed by atoms with Gasteiger partial charge in [0.1, 0.15) is 11.4 Å². The number of aromatic hydroxyl groups is 1. The van der Waals surface area contributed by atoms with Crippen LogP contribution in [-0.4, -0.2) is 20.2 Å². The van der Waals surface area contributed by atoms with Crippen LogP contribution in [0.15, 0.2) is 73.1 Å². The zero-order chi connectivity index (χ0) is 18.6. The lowest BCUT2D eigenvalue weighted by Gasteiger charge is -2.09. The van der Waals surface area contributed by atoms with E-state index in [0.717, 1.165) is 34.7 Å². The number of imidazole rings is 1. The van der Waals surface area contributed by atoms with Crippen molar-refractivity contribution in [1.82, 2.24) is 9.38 Å². The van der Waals surface area contributed by atoms with Gasteiger partial charge in [-0.2, -0.15) is 11.8 Å². The number of pyridine rings is 1. The van der Waals surface area contributed by atoms with E-state index in [0.29, 0.717) is 0 Å². The average Bonchev–Trinajstić information content (AvgIpc) is 3.08. The van der Waals surface area contributed by atoms with Crippen molar-refractivity contribution in [2.24, 2.45) is 0 Å². The van der Waals surface area contributed by atoms with Crippen LogP contribution in [0.3, 0.4) is 0 Å². The lowest BCUT2D eigenvalue weighted by atomic mass is 10.1. The second kappa shape index (κ2) is 7.89. The minimum Gasteiger partial charge on any atom is -0.508 e. The van der Waals surface area contributed by atoms with E-state index in [1.54, 1.807) is 12.1 Å². The van der Waals surface area contributed by atoms with Gasteiger partial charge in [-0.1, -0.05) is 42.5 Å². The summed E-state index contributed by atoms with van der Waals surface area (Å²) in [6.45, 7) is 2.10. The minimum absolute atomic E-state index is 0.274. The zero-order valence-corrected chi connectivity index (χ0v) is 16.1. The summed E-state index contributed by atoms with van der Waals surface area (Å²) in [7, 11) is 0. The first-order valence-corrected chi connectivity index (χ1v) is 10.2. The molecule has 0 saturated heterocycles. The monoisotopic (exact) mass is 374 g/mol. The van der Waals surface area contributed by atoms with E-state index in [9.17, 15) is 5.11 Å². The Morgan fingerprint density at radius 1 is 1.04 bits per heavy atom. The Hall–Kier alpha value is -2.72. The average molecular weight is 375 g/mol. The number of phenols is 1. The molecule has 0 unspecified atom stereocenters. The number of fused-ring (bicyclic) bond motifs is 1. The van der Waals surface area contributed by atoms with E-state index in [1.807, 2.05) is 30.1 Å². The van der Waals surface area contributed by atoms with Crippen molar-refractivity contribution in [2.45, 2.75) is 19.1 Å². The van der Waals surface area contributed by atoms with Gasteiger partial charge in [0.15, 0.2) is 0 Å². The van der Waals surface area contributed by atoms with Crippen LogP contribution < -0.4 is 0 Å². The van der Waals surface area contributed by atoms with Gasteiger partial charge < -0.3 is 9.51 Å². The Balaban J connectivity index is 1.54. The SMILES string of the molecule is Cc1cc(-c2cccc(O)c2)c2ncc(CSCCc3ccccc3)n2c1. The summed E-state index contributed by atoms with van der Waals surface area (Å²) in [6, 6.07) is 20.1. The Bertz CT molecular complexity index is 1060. The van der Waals surface area contributed by atoms with Crippen molar-refractivity contribution in [3.63, 3.8) is 0 Å². The van der Waals surface area contributed by atoms with E-state index < -0.39 is 0 Å². The number of hydrogen-bond acceptors (Lipinski definition) is 3. The molecular formula is C23H22N2OS. The lowest BCUT2D eigenvalue weighted by molar-refractivity contribution is 0.475. The van der Waals surface area contributed by atoms with Crippen molar-refractivity contribution in [3.8, 4) is 16.9 Å². The van der Waals surface area contributed by atoms with Crippen LogP contribution in [0.5, 0.6) is 5.75 Å². The molecule has 0 aliphatic rings. The third-order valence-electron chi connectivity index (χ3n) is 4.60. The van der Waals surface area contributed by atoms with Crippen molar-refractivity contribution in [2.75, 3.05) is 5.75 Å². The van der Waals surface area contributed by atoms with Crippen LogP contribution in [0.2, 0.25) is 0 Å². The van der Waals surface area contributed by atoms with E-state index in [2.05, 4.69) is 58.9 Å². The predicted molar refractivity (Wildman–Crippen MR) is 113 cm³/mol. The number of thioether (sulfide) groups is 1. The number of benzene rings is 2. The molecule has 136 valence electrons. The van der Waals surface area contributed by atoms with Gasteiger partial charge in [-0.3, -0.25) is 0 Å². The van der Waals surface area contributed by atoms with E-state index in [-0.39, 0.29) is 5.75 Å². The number of aryl methyl sites for hydroxylation is 2. The number of rotatable bonds is 6. The first-order valence-electron chi connectivity index (χ1n) is 9.08. The van der Waals surface area contributed by atoms with Crippen LogP contribution in [0.25, 0.3) is 16.8 Å². The fourth-order valence-corrected chi connectivity index (χ4v) is 4.22. The molecule has 1 N–H and O–H groups in total. The second-order valence-corrected chi connectivity index (χ2v) is 7.82. The molecule has 2 aromatic carbocycles. The first-order chi connectivity index (χ1) is 13.2. The van der Waals surface area contributed by atoms with Crippen molar-refractivity contribution >= 4 is 17.4 Å². The molecule has 0 bridgehead atoms. The molecule has 4 rings (SSSR count). The lowest BCUT2D eigenvalue weighted by Crippen LogP contribution is -1.96. The summed E-state index contributed by atoms with van der Waals surface area (Å²) in [5.41, 5.74) is 6.72. The summed E-state index contributed by atoms with van der Waals surface area (Å²) in [5, 5.41) is 9.83. The van der Waals surface area contributed by atoms with E-state index in [1.165, 1.54) is 16.8 Å². The number of nitrogens with zero attached hydrogens (tertiary/aromatic N) is 2. The van der Waals surface area contributed by atoms with Crippen LogP contribution in [0.4, 0.5) is 0 Å². The molecule has 0 saturated carbocycles. The molecule has 4 aromatic rings. The summed E-state index contributed by atoms with van der Waals surface area (Å²) >= 11 is 1.93. The molecular weight excluding hydrogens is 352 g/mol. The van der Waals surface area contributed by atoms with Gasteiger partial charge >= 0.3 is 0 Å². The molecule has 0 fully saturated rings. The summed E-state index contributed by atoms with van der Waals surface area (Å²) in [4.78, 5) is 4.67. The number of hydrogen-bond donors (Lipinski definition) is 1. The van der Waals surface area contributed by atoms with Crippen LogP contribution >= 0.6 is 11.8 Å². The molecule has 0 amide bonds. The normalized spacial score (nSPS) is 11.1. The molecule has 0 atom stereocenters. The van der Waals surface area contributed by atoms with Gasteiger partial charge in [0.2, 0.25) is 0 Å². The van der Waals surface area contributed by atoms with Gasteiger partial charge in [-0.15, -0.1) is 0 Å². The number of phenolic OH excluding ortho intramolecular Hbond substituents is 1. The maximum absolute atomic E-state index is 9.83.